The Morgan fingerprint density at radius 1 is 1.27 bits per heavy atom. The fourth-order valence-corrected chi connectivity index (χ4v) is 0.531. The SMILES string of the molecule is Cl.Cl.N=C(N)c1ccncc1. The zero-order chi connectivity index (χ0) is 6.69. The van der Waals surface area contributed by atoms with E-state index in [0.717, 1.165) is 0 Å². The fraction of sp³-hybridized carbons (Fsp3) is 0. The highest BCUT2D eigenvalue weighted by atomic mass is 35.5. The lowest BCUT2D eigenvalue weighted by atomic mass is 10.2. The molecule has 0 aliphatic carbocycles. The topological polar surface area (TPSA) is 62.8 Å². The molecule has 5 heteroatoms. The second kappa shape index (κ2) is 5.95. The number of amidine groups is 1. The quantitative estimate of drug-likeness (QED) is 0.521. The molecule has 1 aromatic rings. The first kappa shape index (κ1) is 12.8. The monoisotopic (exact) mass is 193 g/mol. The summed E-state index contributed by atoms with van der Waals surface area (Å²) < 4.78 is 0. The molecular formula is C6H9Cl2N3. The number of nitrogens with zero attached hydrogens (tertiary/aromatic N) is 1. The molecule has 1 aromatic heterocycles. The standard InChI is InChI=1S/C6H7N3.2ClH/c7-6(8)5-1-3-9-4-2-5;;/h1-4H,(H3,7,8);2*1H. The fourth-order valence-electron chi connectivity index (χ4n) is 0.531. The highest BCUT2D eigenvalue weighted by Crippen LogP contribution is 1.91. The van der Waals surface area contributed by atoms with E-state index < -0.39 is 0 Å². The van der Waals surface area contributed by atoms with Crippen molar-refractivity contribution in [1.29, 1.82) is 5.41 Å². The summed E-state index contributed by atoms with van der Waals surface area (Å²) >= 11 is 0. The van der Waals surface area contributed by atoms with Crippen LogP contribution in [-0.4, -0.2) is 10.8 Å². The molecule has 0 spiro atoms. The van der Waals surface area contributed by atoms with E-state index in [2.05, 4.69) is 4.98 Å². The van der Waals surface area contributed by atoms with Crippen molar-refractivity contribution in [1.82, 2.24) is 4.98 Å². The van der Waals surface area contributed by atoms with Crippen molar-refractivity contribution in [2.75, 3.05) is 0 Å². The third kappa shape index (κ3) is 3.80. The van der Waals surface area contributed by atoms with Gasteiger partial charge in [-0.1, -0.05) is 0 Å². The molecule has 0 amide bonds. The number of nitrogens with two attached hydrogens (primary N) is 1. The lowest BCUT2D eigenvalue weighted by molar-refractivity contribution is 1.31. The van der Waals surface area contributed by atoms with Crippen molar-refractivity contribution in [2.24, 2.45) is 5.73 Å². The van der Waals surface area contributed by atoms with E-state index in [1.807, 2.05) is 0 Å². The number of aromatic nitrogens is 1. The summed E-state index contributed by atoms with van der Waals surface area (Å²) in [6.45, 7) is 0. The van der Waals surface area contributed by atoms with E-state index in [-0.39, 0.29) is 30.6 Å². The van der Waals surface area contributed by atoms with Gasteiger partial charge in [0.15, 0.2) is 0 Å². The van der Waals surface area contributed by atoms with Crippen LogP contribution in [-0.2, 0) is 0 Å². The Hall–Kier alpha value is -0.800. The number of pyridine rings is 1. The molecule has 0 saturated carbocycles. The first-order valence-electron chi connectivity index (χ1n) is 2.55. The Balaban J connectivity index is 0. The highest BCUT2D eigenvalue weighted by molar-refractivity contribution is 5.94. The Kier molecular flexibility index (Phi) is 6.94. The maximum atomic E-state index is 6.99. The molecular weight excluding hydrogens is 185 g/mol. The van der Waals surface area contributed by atoms with Gasteiger partial charge in [-0.25, -0.2) is 0 Å². The molecule has 0 aromatic carbocycles. The van der Waals surface area contributed by atoms with Crippen LogP contribution in [0, 0.1) is 5.41 Å². The van der Waals surface area contributed by atoms with Crippen LogP contribution >= 0.6 is 24.8 Å². The summed E-state index contributed by atoms with van der Waals surface area (Å²) in [5.74, 6) is 0.0809. The third-order valence-electron chi connectivity index (χ3n) is 0.991. The van der Waals surface area contributed by atoms with Crippen molar-refractivity contribution in [3.8, 4) is 0 Å². The van der Waals surface area contributed by atoms with E-state index in [9.17, 15) is 0 Å². The van der Waals surface area contributed by atoms with E-state index >= 15 is 0 Å². The molecule has 0 radical (unpaired) electrons. The zero-order valence-corrected chi connectivity index (χ0v) is 7.28. The average Bonchev–Trinajstić information content (AvgIpc) is 1.90. The molecule has 0 fully saturated rings. The third-order valence-corrected chi connectivity index (χ3v) is 0.991. The molecule has 62 valence electrons. The summed E-state index contributed by atoms with van der Waals surface area (Å²) in [6, 6.07) is 3.39. The molecule has 0 unspecified atom stereocenters. The molecule has 11 heavy (non-hydrogen) atoms. The number of hydrogen-bond donors (Lipinski definition) is 2. The maximum absolute atomic E-state index is 6.99. The molecule has 3 nitrogen and oxygen atoms in total. The minimum Gasteiger partial charge on any atom is -0.384 e. The zero-order valence-electron chi connectivity index (χ0n) is 5.65. The molecule has 0 atom stereocenters. The largest absolute Gasteiger partial charge is 0.384 e. The van der Waals surface area contributed by atoms with E-state index in [0.29, 0.717) is 5.56 Å². The number of hydrogen-bond acceptors (Lipinski definition) is 2. The highest BCUT2D eigenvalue weighted by Gasteiger charge is 1.89. The molecule has 0 bridgehead atoms. The second-order valence-corrected chi connectivity index (χ2v) is 1.65. The smallest absolute Gasteiger partial charge is 0.122 e. The van der Waals surface area contributed by atoms with Crippen molar-refractivity contribution in [2.45, 2.75) is 0 Å². The summed E-state index contributed by atoms with van der Waals surface area (Å²) in [7, 11) is 0. The van der Waals surface area contributed by atoms with E-state index in [1.54, 1.807) is 24.5 Å². The van der Waals surface area contributed by atoms with E-state index in [1.165, 1.54) is 0 Å². The molecule has 0 saturated heterocycles. The van der Waals surface area contributed by atoms with Gasteiger partial charge in [-0.05, 0) is 12.1 Å². The van der Waals surface area contributed by atoms with Crippen molar-refractivity contribution in [3.05, 3.63) is 30.1 Å². The predicted molar refractivity (Wildman–Crippen MR) is 49.7 cm³/mol. The summed E-state index contributed by atoms with van der Waals surface area (Å²) in [5, 5.41) is 6.99. The first-order valence-corrected chi connectivity index (χ1v) is 2.55. The average molecular weight is 194 g/mol. The second-order valence-electron chi connectivity index (χ2n) is 1.65. The summed E-state index contributed by atoms with van der Waals surface area (Å²) in [6.07, 6.45) is 3.22. The normalized spacial score (nSPS) is 7.27. The lowest BCUT2D eigenvalue weighted by Crippen LogP contribution is -2.10. The number of halogens is 2. The Morgan fingerprint density at radius 2 is 1.73 bits per heavy atom. The number of rotatable bonds is 1. The van der Waals surface area contributed by atoms with Gasteiger partial charge in [0, 0.05) is 18.0 Å². The van der Waals surface area contributed by atoms with Crippen LogP contribution < -0.4 is 5.73 Å². The van der Waals surface area contributed by atoms with Crippen molar-refractivity contribution >= 4 is 30.6 Å². The van der Waals surface area contributed by atoms with Gasteiger partial charge in [-0.3, -0.25) is 10.4 Å². The van der Waals surface area contributed by atoms with Crippen LogP contribution in [0.1, 0.15) is 5.56 Å². The minimum atomic E-state index is 0. The maximum Gasteiger partial charge on any atom is 0.122 e. The molecule has 0 aliphatic rings. The van der Waals surface area contributed by atoms with Crippen LogP contribution in [0.25, 0.3) is 0 Å². The van der Waals surface area contributed by atoms with Gasteiger partial charge in [-0.2, -0.15) is 0 Å². The van der Waals surface area contributed by atoms with Gasteiger partial charge in [-0.15, -0.1) is 24.8 Å². The first-order chi connectivity index (χ1) is 4.30. The van der Waals surface area contributed by atoms with Crippen molar-refractivity contribution < 1.29 is 0 Å². The van der Waals surface area contributed by atoms with Gasteiger partial charge in [0.05, 0.1) is 0 Å². The summed E-state index contributed by atoms with van der Waals surface area (Å²) in [4.78, 5) is 3.78. The lowest BCUT2D eigenvalue weighted by Gasteiger charge is -1.92. The Labute approximate surface area is 77.3 Å². The van der Waals surface area contributed by atoms with Gasteiger partial charge in [0.25, 0.3) is 0 Å². The predicted octanol–water partition coefficient (Wildman–Crippen LogP) is 1.21. The minimum absolute atomic E-state index is 0. The van der Waals surface area contributed by atoms with E-state index in [4.69, 9.17) is 11.1 Å². The van der Waals surface area contributed by atoms with Crippen LogP contribution in [0.3, 0.4) is 0 Å². The van der Waals surface area contributed by atoms with Crippen molar-refractivity contribution in [3.63, 3.8) is 0 Å². The molecule has 3 N–H and O–H groups in total. The number of nitrogen functional groups attached to an aromatic ring is 1. The van der Waals surface area contributed by atoms with Gasteiger partial charge in [0.2, 0.25) is 0 Å². The molecule has 1 heterocycles. The van der Waals surface area contributed by atoms with Crippen LogP contribution in [0.2, 0.25) is 0 Å². The number of nitrogens with one attached hydrogen (secondary N) is 1. The molecule has 0 aliphatic heterocycles. The Morgan fingerprint density at radius 3 is 2.00 bits per heavy atom. The van der Waals surface area contributed by atoms with Crippen LogP contribution in [0.15, 0.2) is 24.5 Å². The van der Waals surface area contributed by atoms with Gasteiger partial charge >= 0.3 is 0 Å². The van der Waals surface area contributed by atoms with Crippen LogP contribution in [0.4, 0.5) is 0 Å². The van der Waals surface area contributed by atoms with Gasteiger partial charge in [0.1, 0.15) is 5.84 Å². The van der Waals surface area contributed by atoms with Gasteiger partial charge < -0.3 is 5.73 Å². The molecule has 1 rings (SSSR count). The van der Waals surface area contributed by atoms with Crippen LogP contribution in [0.5, 0.6) is 0 Å². The summed E-state index contributed by atoms with van der Waals surface area (Å²) in [5.41, 5.74) is 5.88. The Bertz CT molecular complexity index is 212.